The Balaban J connectivity index is 1.45. The normalized spacial score (nSPS) is 20.2. The third-order valence-corrected chi connectivity index (χ3v) is 5.33. The van der Waals surface area contributed by atoms with E-state index in [-0.39, 0.29) is 5.91 Å². The molecule has 0 spiro atoms. The van der Waals surface area contributed by atoms with Gasteiger partial charge >= 0.3 is 0 Å². The lowest BCUT2D eigenvalue weighted by molar-refractivity contribution is 0.0725. The van der Waals surface area contributed by atoms with Crippen molar-refractivity contribution in [3.63, 3.8) is 0 Å². The molecule has 2 aromatic rings. The van der Waals surface area contributed by atoms with Gasteiger partial charge in [-0.25, -0.2) is 4.98 Å². The molecule has 136 valence electrons. The second kappa shape index (κ2) is 7.77. The third-order valence-electron chi connectivity index (χ3n) is 5.33. The number of piperidine rings is 1. The number of benzene rings is 1. The number of aromatic nitrogens is 1. The summed E-state index contributed by atoms with van der Waals surface area (Å²) in [5.41, 5.74) is 1.95. The van der Waals surface area contributed by atoms with Crippen LogP contribution in [-0.2, 0) is 0 Å². The molecule has 2 aliphatic heterocycles. The minimum absolute atomic E-state index is 0.109. The molecule has 0 radical (unpaired) electrons. The number of para-hydroxylation sites is 1. The van der Waals surface area contributed by atoms with E-state index < -0.39 is 0 Å². The predicted octanol–water partition coefficient (Wildman–Crippen LogP) is 3.40. The van der Waals surface area contributed by atoms with Crippen molar-refractivity contribution in [1.29, 1.82) is 0 Å². The van der Waals surface area contributed by atoms with E-state index in [2.05, 4.69) is 39.5 Å². The van der Waals surface area contributed by atoms with Crippen molar-refractivity contribution in [1.82, 2.24) is 9.88 Å². The number of pyridine rings is 1. The molecule has 1 N–H and O–H groups in total. The van der Waals surface area contributed by atoms with Crippen LogP contribution < -0.4 is 10.2 Å². The Morgan fingerprint density at radius 3 is 2.62 bits per heavy atom. The second-order valence-electron chi connectivity index (χ2n) is 7.16. The number of hydrogen-bond donors (Lipinski definition) is 1. The van der Waals surface area contributed by atoms with Crippen molar-refractivity contribution < 1.29 is 4.79 Å². The number of hydrogen-bond acceptors (Lipinski definition) is 4. The highest BCUT2D eigenvalue weighted by molar-refractivity contribution is 5.98. The average molecular weight is 350 g/mol. The van der Waals surface area contributed by atoms with Crippen molar-refractivity contribution in [3.8, 4) is 0 Å². The van der Waals surface area contributed by atoms with Crippen LogP contribution in [0, 0.1) is 0 Å². The fraction of sp³-hybridized carbons (Fsp3) is 0.429. The minimum atomic E-state index is 0.109. The van der Waals surface area contributed by atoms with Crippen LogP contribution in [0.3, 0.4) is 0 Å². The molecular formula is C21H26N4O. The van der Waals surface area contributed by atoms with E-state index in [0.717, 1.165) is 51.3 Å². The smallest absolute Gasteiger partial charge is 0.257 e. The van der Waals surface area contributed by atoms with E-state index >= 15 is 0 Å². The number of rotatable bonds is 4. The number of carbonyl (C=O) groups is 1. The SMILES string of the molecule is O=C(c1cccnc1NC1CCN(c2ccccc2)C1)N1CCCCC1. The lowest BCUT2D eigenvalue weighted by atomic mass is 10.1. The Morgan fingerprint density at radius 2 is 1.81 bits per heavy atom. The molecule has 2 aliphatic rings. The summed E-state index contributed by atoms with van der Waals surface area (Å²) < 4.78 is 0. The maximum atomic E-state index is 12.9. The summed E-state index contributed by atoms with van der Waals surface area (Å²) in [7, 11) is 0. The van der Waals surface area contributed by atoms with E-state index in [0.29, 0.717) is 11.6 Å². The second-order valence-corrected chi connectivity index (χ2v) is 7.16. The monoisotopic (exact) mass is 350 g/mol. The van der Waals surface area contributed by atoms with Gasteiger partial charge in [-0.3, -0.25) is 4.79 Å². The largest absolute Gasteiger partial charge is 0.369 e. The highest BCUT2D eigenvalue weighted by atomic mass is 16.2. The maximum Gasteiger partial charge on any atom is 0.257 e. The van der Waals surface area contributed by atoms with Gasteiger partial charge in [0.1, 0.15) is 5.82 Å². The molecule has 4 rings (SSSR count). The van der Waals surface area contributed by atoms with Gasteiger partial charge in [-0.05, 0) is 49.9 Å². The minimum Gasteiger partial charge on any atom is -0.369 e. The van der Waals surface area contributed by atoms with Crippen LogP contribution in [0.1, 0.15) is 36.0 Å². The molecule has 0 aliphatic carbocycles. The summed E-state index contributed by atoms with van der Waals surface area (Å²) in [5, 5.41) is 3.53. The summed E-state index contributed by atoms with van der Waals surface area (Å²) in [6, 6.07) is 14.5. The zero-order chi connectivity index (χ0) is 17.8. The van der Waals surface area contributed by atoms with Crippen molar-refractivity contribution in [2.24, 2.45) is 0 Å². The molecule has 1 atom stereocenters. The lowest BCUT2D eigenvalue weighted by Gasteiger charge is -2.27. The quantitative estimate of drug-likeness (QED) is 0.918. The molecule has 5 heteroatoms. The Morgan fingerprint density at radius 1 is 1.00 bits per heavy atom. The van der Waals surface area contributed by atoms with Gasteiger partial charge in [0, 0.05) is 44.1 Å². The molecule has 2 saturated heterocycles. The highest BCUT2D eigenvalue weighted by Gasteiger charge is 2.26. The van der Waals surface area contributed by atoms with Crippen LogP contribution in [0.25, 0.3) is 0 Å². The third kappa shape index (κ3) is 3.66. The highest BCUT2D eigenvalue weighted by Crippen LogP contribution is 2.24. The van der Waals surface area contributed by atoms with Crippen LogP contribution in [0.4, 0.5) is 11.5 Å². The Kier molecular flexibility index (Phi) is 5.04. The van der Waals surface area contributed by atoms with Crippen LogP contribution in [0.15, 0.2) is 48.7 Å². The van der Waals surface area contributed by atoms with Gasteiger partial charge in [-0.15, -0.1) is 0 Å². The summed E-state index contributed by atoms with van der Waals surface area (Å²) in [5.74, 6) is 0.834. The van der Waals surface area contributed by atoms with Gasteiger partial charge in [0.15, 0.2) is 0 Å². The van der Waals surface area contributed by atoms with E-state index in [1.54, 1.807) is 6.20 Å². The van der Waals surface area contributed by atoms with E-state index in [1.807, 2.05) is 23.1 Å². The first kappa shape index (κ1) is 16.9. The molecule has 3 heterocycles. The Bertz CT molecular complexity index is 743. The summed E-state index contributed by atoms with van der Waals surface area (Å²) in [6.45, 7) is 3.67. The van der Waals surface area contributed by atoms with Crippen molar-refractivity contribution in [2.75, 3.05) is 36.4 Å². The standard InChI is InChI=1S/C21H26N4O/c26-21(24-13-5-2-6-14-24)19-10-7-12-22-20(19)23-17-11-15-25(16-17)18-8-3-1-4-9-18/h1,3-4,7-10,12,17H,2,5-6,11,13-16H2,(H,22,23). The summed E-state index contributed by atoms with van der Waals surface area (Å²) in [4.78, 5) is 21.7. The number of nitrogens with one attached hydrogen (secondary N) is 1. The van der Waals surface area contributed by atoms with E-state index in [1.165, 1.54) is 12.1 Å². The predicted molar refractivity (Wildman–Crippen MR) is 105 cm³/mol. The van der Waals surface area contributed by atoms with Crippen LogP contribution in [-0.4, -0.2) is 48.0 Å². The summed E-state index contributed by atoms with van der Waals surface area (Å²) >= 11 is 0. The topological polar surface area (TPSA) is 48.5 Å². The molecular weight excluding hydrogens is 324 g/mol. The van der Waals surface area contributed by atoms with E-state index in [4.69, 9.17) is 0 Å². The fourth-order valence-corrected chi connectivity index (χ4v) is 3.91. The van der Waals surface area contributed by atoms with Gasteiger partial charge in [0.2, 0.25) is 0 Å². The van der Waals surface area contributed by atoms with Crippen LogP contribution >= 0.6 is 0 Å². The average Bonchev–Trinajstić information content (AvgIpc) is 3.18. The van der Waals surface area contributed by atoms with Crippen molar-refractivity contribution in [3.05, 3.63) is 54.2 Å². The van der Waals surface area contributed by atoms with Crippen LogP contribution in [0.5, 0.6) is 0 Å². The first-order chi connectivity index (χ1) is 12.8. The van der Waals surface area contributed by atoms with Gasteiger partial charge in [0.25, 0.3) is 5.91 Å². The molecule has 5 nitrogen and oxygen atoms in total. The molecule has 1 aromatic carbocycles. The molecule has 0 saturated carbocycles. The summed E-state index contributed by atoms with van der Waals surface area (Å²) in [6.07, 6.45) is 6.23. The molecule has 1 aromatic heterocycles. The van der Waals surface area contributed by atoms with Crippen LogP contribution in [0.2, 0.25) is 0 Å². The molecule has 0 bridgehead atoms. The van der Waals surface area contributed by atoms with Gasteiger partial charge < -0.3 is 15.1 Å². The number of carbonyl (C=O) groups excluding carboxylic acids is 1. The number of likely N-dealkylation sites (tertiary alicyclic amines) is 1. The van der Waals surface area contributed by atoms with Crippen molar-refractivity contribution in [2.45, 2.75) is 31.7 Å². The number of nitrogens with zero attached hydrogens (tertiary/aromatic N) is 3. The molecule has 1 amide bonds. The fourth-order valence-electron chi connectivity index (χ4n) is 3.91. The zero-order valence-corrected chi connectivity index (χ0v) is 15.1. The molecule has 2 fully saturated rings. The number of amides is 1. The Labute approximate surface area is 155 Å². The molecule has 26 heavy (non-hydrogen) atoms. The lowest BCUT2D eigenvalue weighted by Crippen LogP contribution is -2.36. The first-order valence-corrected chi connectivity index (χ1v) is 9.62. The Hall–Kier alpha value is -2.56. The van der Waals surface area contributed by atoms with Gasteiger partial charge in [-0.1, -0.05) is 18.2 Å². The first-order valence-electron chi connectivity index (χ1n) is 9.62. The molecule has 1 unspecified atom stereocenters. The zero-order valence-electron chi connectivity index (χ0n) is 15.1. The maximum absolute atomic E-state index is 12.9. The van der Waals surface area contributed by atoms with E-state index in [9.17, 15) is 4.79 Å². The van der Waals surface area contributed by atoms with Crippen molar-refractivity contribution >= 4 is 17.4 Å². The van der Waals surface area contributed by atoms with Gasteiger partial charge in [-0.2, -0.15) is 0 Å². The van der Waals surface area contributed by atoms with Gasteiger partial charge in [0.05, 0.1) is 5.56 Å². The number of anilines is 2.